The molecule has 1 aliphatic heterocycles. The van der Waals surface area contributed by atoms with Gasteiger partial charge >= 0.3 is 5.97 Å². The number of rotatable bonds is 8. The van der Waals surface area contributed by atoms with E-state index in [0.29, 0.717) is 35.2 Å². The molecule has 1 heterocycles. The van der Waals surface area contributed by atoms with Crippen molar-refractivity contribution in [1.29, 1.82) is 0 Å². The van der Waals surface area contributed by atoms with Gasteiger partial charge in [-0.2, -0.15) is 0 Å². The Morgan fingerprint density at radius 1 is 0.879 bits per heavy atom. The number of ether oxygens (including phenoxy) is 3. The molecule has 170 valence electrons. The van der Waals surface area contributed by atoms with Gasteiger partial charge in [-0.05, 0) is 80.1 Å². The third-order valence-corrected chi connectivity index (χ3v) is 5.56. The van der Waals surface area contributed by atoms with Crippen LogP contribution < -0.4 is 14.4 Å². The number of halogens is 1. The Hall–Kier alpha value is -3.51. The summed E-state index contributed by atoms with van der Waals surface area (Å²) in [5.41, 5.74) is 2.01. The van der Waals surface area contributed by atoms with Gasteiger partial charge in [0.05, 0.1) is 18.8 Å². The van der Waals surface area contributed by atoms with E-state index in [4.69, 9.17) is 25.8 Å². The number of hydrogen-bond acceptors (Lipinski definition) is 5. The van der Waals surface area contributed by atoms with Crippen LogP contribution in [-0.4, -0.2) is 31.2 Å². The number of hydrogen-bond donors (Lipinski definition) is 0. The molecule has 2 atom stereocenters. The van der Waals surface area contributed by atoms with E-state index in [0.717, 1.165) is 11.3 Å². The van der Waals surface area contributed by atoms with Gasteiger partial charge < -0.3 is 14.2 Å². The molecule has 0 saturated carbocycles. The van der Waals surface area contributed by atoms with E-state index >= 15 is 0 Å². The van der Waals surface area contributed by atoms with Crippen LogP contribution in [0.3, 0.4) is 0 Å². The monoisotopic (exact) mass is 465 g/mol. The van der Waals surface area contributed by atoms with E-state index in [2.05, 4.69) is 0 Å². The molecular formula is C26H24ClNO5. The second-order valence-electron chi connectivity index (χ2n) is 7.41. The van der Waals surface area contributed by atoms with Gasteiger partial charge in [-0.15, -0.1) is 0 Å². The summed E-state index contributed by atoms with van der Waals surface area (Å²) in [6, 6.07) is 21.0. The zero-order valence-corrected chi connectivity index (χ0v) is 19.1. The SMILES string of the molecule is CCOC(=O)c1ccc(N2C(=O)C(Oc3ccc(Cl)cc3)C2c2ccc(OCC)cc2)cc1. The van der Waals surface area contributed by atoms with Gasteiger partial charge in [-0.3, -0.25) is 9.69 Å². The maximum atomic E-state index is 13.2. The standard InChI is InChI=1S/C26H24ClNO5/c1-3-31-21-13-7-17(8-14-21)23-24(33-22-15-9-19(27)10-16-22)25(29)28(23)20-11-5-18(6-12-20)26(30)32-4-2/h5-16,23-24H,3-4H2,1-2H3. The second kappa shape index (κ2) is 9.96. The predicted molar refractivity (Wildman–Crippen MR) is 126 cm³/mol. The molecule has 1 amide bonds. The molecule has 0 spiro atoms. The van der Waals surface area contributed by atoms with Gasteiger partial charge in [0, 0.05) is 10.7 Å². The smallest absolute Gasteiger partial charge is 0.338 e. The minimum Gasteiger partial charge on any atom is -0.494 e. The van der Waals surface area contributed by atoms with Crippen LogP contribution in [0, 0.1) is 0 Å². The highest BCUT2D eigenvalue weighted by molar-refractivity contribution is 6.30. The molecule has 3 aromatic rings. The fourth-order valence-corrected chi connectivity index (χ4v) is 3.88. The van der Waals surface area contributed by atoms with Crippen molar-refractivity contribution in [2.45, 2.75) is 26.0 Å². The first-order valence-electron chi connectivity index (χ1n) is 10.8. The molecular weight excluding hydrogens is 442 g/mol. The summed E-state index contributed by atoms with van der Waals surface area (Å²) in [4.78, 5) is 26.8. The van der Waals surface area contributed by atoms with E-state index in [1.807, 2.05) is 31.2 Å². The zero-order chi connectivity index (χ0) is 23.4. The Bertz CT molecular complexity index is 1110. The highest BCUT2D eigenvalue weighted by Gasteiger charge is 2.51. The molecule has 0 bridgehead atoms. The number of esters is 1. The molecule has 4 rings (SSSR count). The van der Waals surface area contributed by atoms with Crippen LogP contribution in [0.15, 0.2) is 72.8 Å². The lowest BCUT2D eigenvalue weighted by Crippen LogP contribution is -2.61. The first-order valence-corrected chi connectivity index (χ1v) is 11.1. The van der Waals surface area contributed by atoms with Gasteiger partial charge in [0.15, 0.2) is 0 Å². The van der Waals surface area contributed by atoms with Crippen molar-refractivity contribution in [2.24, 2.45) is 0 Å². The summed E-state index contributed by atoms with van der Waals surface area (Å²) < 4.78 is 16.6. The Kier molecular flexibility index (Phi) is 6.84. The lowest BCUT2D eigenvalue weighted by molar-refractivity contribution is -0.135. The first-order chi connectivity index (χ1) is 16.0. The third kappa shape index (κ3) is 4.81. The number of anilines is 1. The van der Waals surface area contributed by atoms with Crippen molar-refractivity contribution in [3.05, 3.63) is 88.9 Å². The number of amides is 1. The van der Waals surface area contributed by atoms with Crippen molar-refractivity contribution < 1.29 is 23.8 Å². The van der Waals surface area contributed by atoms with Crippen molar-refractivity contribution in [1.82, 2.24) is 0 Å². The lowest BCUT2D eigenvalue weighted by Gasteiger charge is -2.46. The van der Waals surface area contributed by atoms with Crippen LogP contribution in [0.2, 0.25) is 5.02 Å². The van der Waals surface area contributed by atoms with Crippen LogP contribution in [0.1, 0.15) is 35.8 Å². The topological polar surface area (TPSA) is 65.1 Å². The molecule has 6 nitrogen and oxygen atoms in total. The molecule has 1 saturated heterocycles. The lowest BCUT2D eigenvalue weighted by atomic mass is 9.89. The van der Waals surface area contributed by atoms with Gasteiger partial charge in [0.25, 0.3) is 5.91 Å². The van der Waals surface area contributed by atoms with Crippen molar-refractivity contribution in [3.8, 4) is 11.5 Å². The van der Waals surface area contributed by atoms with Crippen LogP contribution in [0.4, 0.5) is 5.69 Å². The summed E-state index contributed by atoms with van der Waals surface area (Å²) in [6.45, 7) is 4.56. The van der Waals surface area contributed by atoms with Crippen LogP contribution >= 0.6 is 11.6 Å². The van der Waals surface area contributed by atoms with E-state index in [-0.39, 0.29) is 11.9 Å². The number of β-lactam (4-membered cyclic amide) rings is 1. The predicted octanol–water partition coefficient (Wildman–Crippen LogP) is 5.45. The highest BCUT2D eigenvalue weighted by Crippen LogP contribution is 2.41. The van der Waals surface area contributed by atoms with Gasteiger partial charge in [-0.1, -0.05) is 23.7 Å². The third-order valence-electron chi connectivity index (χ3n) is 5.31. The molecule has 1 aliphatic rings. The molecule has 33 heavy (non-hydrogen) atoms. The Morgan fingerprint density at radius 3 is 2.12 bits per heavy atom. The van der Waals surface area contributed by atoms with E-state index < -0.39 is 12.1 Å². The summed E-state index contributed by atoms with van der Waals surface area (Å²) in [5.74, 6) is 0.747. The summed E-state index contributed by atoms with van der Waals surface area (Å²) in [5, 5.41) is 0.591. The Labute approximate surface area is 197 Å². The molecule has 0 N–H and O–H groups in total. The first kappa shape index (κ1) is 22.7. The normalized spacial score (nSPS) is 17.3. The Morgan fingerprint density at radius 2 is 1.52 bits per heavy atom. The number of benzene rings is 3. The van der Waals surface area contributed by atoms with E-state index in [1.165, 1.54) is 0 Å². The summed E-state index contributed by atoms with van der Waals surface area (Å²) in [6.07, 6.45) is -0.700. The van der Waals surface area contributed by atoms with Crippen molar-refractivity contribution in [2.75, 3.05) is 18.1 Å². The number of nitrogens with zero attached hydrogens (tertiary/aromatic N) is 1. The number of carbonyl (C=O) groups is 2. The zero-order valence-electron chi connectivity index (χ0n) is 18.4. The second-order valence-corrected chi connectivity index (χ2v) is 7.85. The fraction of sp³-hybridized carbons (Fsp3) is 0.231. The molecule has 0 aromatic heterocycles. The largest absolute Gasteiger partial charge is 0.494 e. The molecule has 1 fully saturated rings. The van der Waals surface area contributed by atoms with Crippen LogP contribution in [-0.2, 0) is 9.53 Å². The number of carbonyl (C=O) groups excluding carboxylic acids is 2. The Balaban J connectivity index is 1.62. The van der Waals surface area contributed by atoms with Crippen molar-refractivity contribution >= 4 is 29.2 Å². The molecule has 0 radical (unpaired) electrons. The van der Waals surface area contributed by atoms with E-state index in [1.54, 1.807) is 60.4 Å². The van der Waals surface area contributed by atoms with Gasteiger partial charge in [0.2, 0.25) is 6.10 Å². The molecule has 7 heteroatoms. The van der Waals surface area contributed by atoms with Crippen LogP contribution in [0.25, 0.3) is 0 Å². The van der Waals surface area contributed by atoms with Crippen LogP contribution in [0.5, 0.6) is 11.5 Å². The maximum absolute atomic E-state index is 13.2. The summed E-state index contributed by atoms with van der Waals surface area (Å²) in [7, 11) is 0. The fourth-order valence-electron chi connectivity index (χ4n) is 3.75. The summed E-state index contributed by atoms with van der Waals surface area (Å²) >= 11 is 5.97. The average Bonchev–Trinajstić information content (AvgIpc) is 2.83. The minimum absolute atomic E-state index is 0.173. The van der Waals surface area contributed by atoms with Crippen molar-refractivity contribution in [3.63, 3.8) is 0 Å². The van der Waals surface area contributed by atoms with Gasteiger partial charge in [0.1, 0.15) is 17.5 Å². The molecule has 3 aromatic carbocycles. The quantitative estimate of drug-likeness (QED) is 0.327. The van der Waals surface area contributed by atoms with Gasteiger partial charge in [-0.25, -0.2) is 4.79 Å². The maximum Gasteiger partial charge on any atom is 0.338 e. The van der Waals surface area contributed by atoms with E-state index in [9.17, 15) is 9.59 Å². The molecule has 2 unspecified atom stereocenters. The minimum atomic E-state index is -0.700. The average molecular weight is 466 g/mol. The highest BCUT2D eigenvalue weighted by atomic mass is 35.5. The molecule has 0 aliphatic carbocycles.